The second-order valence-corrected chi connectivity index (χ2v) is 7.76. The first-order valence-electron chi connectivity index (χ1n) is 9.48. The Morgan fingerprint density at radius 3 is 2.53 bits per heavy atom. The number of benzene rings is 2. The Morgan fingerprint density at radius 1 is 0.967 bits per heavy atom. The monoisotopic (exact) mass is 436 g/mol. The average molecular weight is 437 g/mol. The van der Waals surface area contributed by atoms with Crippen LogP contribution < -0.4 is 10.6 Å². The summed E-state index contributed by atoms with van der Waals surface area (Å²) in [6, 6.07) is 18.3. The van der Waals surface area contributed by atoms with E-state index < -0.39 is 0 Å². The van der Waals surface area contributed by atoms with Crippen LogP contribution in [0.25, 0.3) is 0 Å². The molecule has 0 spiro atoms. The molecule has 2 N–H and O–H groups in total. The molecule has 8 heteroatoms. The van der Waals surface area contributed by atoms with Gasteiger partial charge in [0.2, 0.25) is 0 Å². The Hall–Kier alpha value is -3.16. The minimum Gasteiger partial charge on any atom is -0.330 e. The Bertz CT molecular complexity index is 1150. The first-order valence-corrected chi connectivity index (χ1v) is 10.3. The van der Waals surface area contributed by atoms with E-state index in [1.165, 1.54) is 11.1 Å². The van der Waals surface area contributed by atoms with Gasteiger partial charge in [0.1, 0.15) is 5.02 Å². The van der Waals surface area contributed by atoms with Gasteiger partial charge in [-0.3, -0.25) is 9.36 Å². The molecule has 2 aromatic carbocycles. The van der Waals surface area contributed by atoms with E-state index in [1.54, 1.807) is 17.1 Å². The fraction of sp³-hybridized carbons (Fsp3) is 0.136. The smallest absolute Gasteiger partial charge is 0.176 e. The molecule has 0 aliphatic rings. The number of hydrogen-bond donors (Lipinski definition) is 2. The molecule has 0 amide bonds. The normalized spacial score (nSPS) is 10.7. The molecule has 0 unspecified atom stereocenters. The highest BCUT2D eigenvalue weighted by Gasteiger charge is 2.10. The second-order valence-electron chi connectivity index (χ2n) is 6.94. The molecule has 152 valence electrons. The summed E-state index contributed by atoms with van der Waals surface area (Å²) in [6.07, 6.45) is 5.43. The van der Waals surface area contributed by atoms with Crippen molar-refractivity contribution in [1.82, 2.24) is 19.6 Å². The predicted octanol–water partition coefficient (Wildman–Crippen LogP) is 4.95. The van der Waals surface area contributed by atoms with Crippen LogP contribution in [0.15, 0.2) is 73.2 Å². The summed E-state index contributed by atoms with van der Waals surface area (Å²) in [4.78, 5) is 0. The fourth-order valence-electron chi connectivity index (χ4n) is 3.08. The Balaban J connectivity index is 1.36. The zero-order valence-electron chi connectivity index (χ0n) is 16.4. The quantitative estimate of drug-likeness (QED) is 0.419. The third kappa shape index (κ3) is 5.06. The number of aromatic nitrogens is 4. The van der Waals surface area contributed by atoms with Crippen LogP contribution in [0.2, 0.25) is 5.02 Å². The van der Waals surface area contributed by atoms with Gasteiger partial charge >= 0.3 is 0 Å². The summed E-state index contributed by atoms with van der Waals surface area (Å²) in [6.45, 7) is 3.43. The number of halogens is 1. The van der Waals surface area contributed by atoms with Crippen molar-refractivity contribution < 1.29 is 0 Å². The van der Waals surface area contributed by atoms with E-state index in [1.807, 2.05) is 53.3 Å². The molecule has 0 fully saturated rings. The molecule has 30 heavy (non-hydrogen) atoms. The van der Waals surface area contributed by atoms with Crippen LogP contribution in [0.4, 0.5) is 11.5 Å². The van der Waals surface area contributed by atoms with Gasteiger partial charge in [0.15, 0.2) is 10.9 Å². The van der Waals surface area contributed by atoms with Crippen molar-refractivity contribution in [2.24, 2.45) is 0 Å². The standard InChI is InChI=1S/C22H21ClN6S/c1-16-7-5-6-10-18(16)13-28-14-19(11-24-28)25-22(30)26-21-20(23)15-29(27-21)12-17-8-3-2-4-9-17/h2-11,14-15H,12-13H2,1H3,(H2,25,26,27,30). The summed E-state index contributed by atoms with van der Waals surface area (Å²) in [5.74, 6) is 0.511. The SMILES string of the molecule is Cc1ccccc1Cn1cc(NC(=S)Nc2nn(Cc3ccccc3)cc2Cl)cn1. The summed E-state index contributed by atoms with van der Waals surface area (Å²) in [7, 11) is 0. The van der Waals surface area contributed by atoms with Crippen LogP contribution in [0, 0.1) is 6.92 Å². The summed E-state index contributed by atoms with van der Waals surface area (Å²) < 4.78 is 3.65. The van der Waals surface area contributed by atoms with Gasteiger partial charge in [-0.25, -0.2) is 0 Å². The molecule has 0 atom stereocenters. The minimum absolute atomic E-state index is 0.400. The van der Waals surface area contributed by atoms with Crippen molar-refractivity contribution in [3.63, 3.8) is 0 Å². The zero-order valence-corrected chi connectivity index (χ0v) is 18.0. The molecule has 0 saturated heterocycles. The largest absolute Gasteiger partial charge is 0.330 e. The molecule has 0 aliphatic heterocycles. The zero-order chi connectivity index (χ0) is 20.9. The number of anilines is 2. The van der Waals surface area contributed by atoms with Crippen LogP contribution in [0.1, 0.15) is 16.7 Å². The first-order chi connectivity index (χ1) is 14.6. The minimum atomic E-state index is 0.400. The highest BCUT2D eigenvalue weighted by Crippen LogP contribution is 2.20. The van der Waals surface area contributed by atoms with Gasteiger partial charge in [-0.15, -0.1) is 0 Å². The molecule has 0 saturated carbocycles. The first kappa shape index (κ1) is 20.1. The van der Waals surface area contributed by atoms with Crippen LogP contribution in [0.3, 0.4) is 0 Å². The van der Waals surface area contributed by atoms with Gasteiger partial charge in [0, 0.05) is 12.4 Å². The van der Waals surface area contributed by atoms with Gasteiger partial charge < -0.3 is 10.6 Å². The van der Waals surface area contributed by atoms with Gasteiger partial charge in [-0.2, -0.15) is 10.2 Å². The number of hydrogen-bond acceptors (Lipinski definition) is 3. The van der Waals surface area contributed by atoms with Crippen molar-refractivity contribution in [2.75, 3.05) is 10.6 Å². The van der Waals surface area contributed by atoms with Gasteiger partial charge in [-0.05, 0) is 35.8 Å². The maximum atomic E-state index is 6.32. The highest BCUT2D eigenvalue weighted by atomic mass is 35.5. The van der Waals surface area contributed by atoms with E-state index in [0.29, 0.717) is 29.0 Å². The van der Waals surface area contributed by atoms with Gasteiger partial charge in [-0.1, -0.05) is 66.2 Å². The summed E-state index contributed by atoms with van der Waals surface area (Å²) in [5, 5.41) is 16.0. The lowest BCUT2D eigenvalue weighted by Crippen LogP contribution is -2.19. The van der Waals surface area contributed by atoms with E-state index in [4.69, 9.17) is 23.8 Å². The second kappa shape index (κ2) is 9.11. The van der Waals surface area contributed by atoms with Crippen LogP contribution in [0.5, 0.6) is 0 Å². The summed E-state index contributed by atoms with van der Waals surface area (Å²) in [5.41, 5.74) is 4.40. The molecule has 2 heterocycles. The molecule has 0 aliphatic carbocycles. The van der Waals surface area contributed by atoms with Gasteiger partial charge in [0.05, 0.1) is 25.0 Å². The van der Waals surface area contributed by atoms with Gasteiger partial charge in [0.25, 0.3) is 0 Å². The fourth-order valence-corrected chi connectivity index (χ4v) is 3.49. The van der Waals surface area contributed by atoms with E-state index in [9.17, 15) is 0 Å². The molecule has 0 bridgehead atoms. The predicted molar refractivity (Wildman–Crippen MR) is 125 cm³/mol. The van der Waals surface area contributed by atoms with E-state index in [2.05, 4.69) is 39.9 Å². The number of nitrogens with zero attached hydrogens (tertiary/aromatic N) is 4. The topological polar surface area (TPSA) is 59.7 Å². The highest BCUT2D eigenvalue weighted by molar-refractivity contribution is 7.80. The number of aryl methyl sites for hydroxylation is 1. The van der Waals surface area contributed by atoms with E-state index >= 15 is 0 Å². The lowest BCUT2D eigenvalue weighted by atomic mass is 10.1. The third-order valence-electron chi connectivity index (χ3n) is 4.62. The van der Waals surface area contributed by atoms with E-state index in [-0.39, 0.29) is 0 Å². The maximum absolute atomic E-state index is 6.32. The number of rotatable bonds is 6. The van der Waals surface area contributed by atoms with Crippen molar-refractivity contribution >= 4 is 40.4 Å². The van der Waals surface area contributed by atoms with Crippen molar-refractivity contribution in [3.8, 4) is 0 Å². The molecule has 2 aromatic heterocycles. The molecular weight excluding hydrogens is 416 g/mol. The van der Waals surface area contributed by atoms with E-state index in [0.717, 1.165) is 11.3 Å². The Kier molecular flexibility index (Phi) is 6.11. The maximum Gasteiger partial charge on any atom is 0.176 e. The Morgan fingerprint density at radius 2 is 1.73 bits per heavy atom. The molecule has 6 nitrogen and oxygen atoms in total. The van der Waals surface area contributed by atoms with Crippen LogP contribution in [-0.2, 0) is 13.1 Å². The lowest BCUT2D eigenvalue weighted by molar-refractivity contribution is 0.684. The molecule has 4 aromatic rings. The molecular formula is C22H21ClN6S. The average Bonchev–Trinajstić information content (AvgIpc) is 3.30. The van der Waals surface area contributed by atoms with Crippen LogP contribution >= 0.6 is 23.8 Å². The summed E-state index contributed by atoms with van der Waals surface area (Å²) >= 11 is 11.7. The number of thiocarbonyl (C=S) groups is 1. The lowest BCUT2D eigenvalue weighted by Gasteiger charge is -2.07. The molecule has 4 rings (SSSR count). The Labute approximate surface area is 185 Å². The van der Waals surface area contributed by atoms with Crippen molar-refractivity contribution in [1.29, 1.82) is 0 Å². The number of nitrogens with one attached hydrogen (secondary N) is 2. The third-order valence-corrected chi connectivity index (χ3v) is 5.10. The van der Waals surface area contributed by atoms with Crippen LogP contribution in [-0.4, -0.2) is 24.7 Å². The van der Waals surface area contributed by atoms with Crippen molar-refractivity contribution in [3.05, 3.63) is 94.9 Å². The van der Waals surface area contributed by atoms with Crippen molar-refractivity contribution in [2.45, 2.75) is 20.0 Å². The molecule has 0 radical (unpaired) electrons.